The fourth-order valence-corrected chi connectivity index (χ4v) is 5.01. The first-order valence-electron chi connectivity index (χ1n) is 7.49. The summed E-state index contributed by atoms with van der Waals surface area (Å²) in [5.74, 6) is 0.0977. The van der Waals surface area contributed by atoms with Gasteiger partial charge in [0.25, 0.3) is 0 Å². The number of likely N-dealkylation sites (tertiary alicyclic amines) is 1. The highest BCUT2D eigenvalue weighted by atomic mass is 32.2. The minimum absolute atomic E-state index is 0.0181. The fraction of sp³-hybridized carbons (Fsp3) is 0.929. The van der Waals surface area contributed by atoms with Crippen molar-refractivity contribution in [2.24, 2.45) is 5.41 Å². The predicted octanol–water partition coefficient (Wildman–Crippen LogP) is 1.72. The Hall–Kier alpha value is -0.820. The highest BCUT2D eigenvalue weighted by Gasteiger charge is 2.54. The Morgan fingerprint density at radius 2 is 2.05 bits per heavy atom. The molecule has 1 N–H and O–H groups in total. The Morgan fingerprint density at radius 3 is 2.62 bits per heavy atom. The second-order valence-electron chi connectivity index (χ2n) is 7.16. The number of hydrogen-bond acceptors (Lipinski definition) is 4. The molecule has 1 saturated heterocycles. The van der Waals surface area contributed by atoms with Gasteiger partial charge in [-0.25, -0.2) is 17.9 Å². The Balaban J connectivity index is 2.15. The van der Waals surface area contributed by atoms with Crippen molar-refractivity contribution in [1.82, 2.24) is 9.62 Å². The van der Waals surface area contributed by atoms with Gasteiger partial charge in [0.1, 0.15) is 5.60 Å². The molecule has 1 aliphatic carbocycles. The van der Waals surface area contributed by atoms with Crippen LogP contribution in [-0.2, 0) is 14.8 Å². The lowest BCUT2D eigenvalue weighted by molar-refractivity contribution is 0.0195. The van der Waals surface area contributed by atoms with Crippen molar-refractivity contribution in [1.29, 1.82) is 0 Å². The van der Waals surface area contributed by atoms with Gasteiger partial charge in [0.15, 0.2) is 0 Å². The number of sulfonamides is 1. The topological polar surface area (TPSA) is 75.7 Å². The van der Waals surface area contributed by atoms with Crippen LogP contribution in [0.25, 0.3) is 0 Å². The second-order valence-corrected chi connectivity index (χ2v) is 9.08. The lowest BCUT2D eigenvalue weighted by Crippen LogP contribution is -2.45. The maximum absolute atomic E-state index is 12.3. The third kappa shape index (κ3) is 3.51. The van der Waals surface area contributed by atoms with E-state index in [9.17, 15) is 13.2 Å². The number of carbonyl (C=O) groups is 1. The second kappa shape index (κ2) is 5.43. The maximum atomic E-state index is 12.3. The Bertz CT molecular complexity index is 512. The zero-order valence-electron chi connectivity index (χ0n) is 13.3. The molecule has 1 aliphatic heterocycles. The van der Waals surface area contributed by atoms with E-state index >= 15 is 0 Å². The van der Waals surface area contributed by atoms with Crippen molar-refractivity contribution in [2.75, 3.05) is 19.3 Å². The van der Waals surface area contributed by atoms with Crippen LogP contribution in [0.3, 0.4) is 0 Å². The van der Waals surface area contributed by atoms with Gasteiger partial charge in [0.2, 0.25) is 10.0 Å². The molecule has 21 heavy (non-hydrogen) atoms. The Labute approximate surface area is 127 Å². The molecule has 122 valence electrons. The summed E-state index contributed by atoms with van der Waals surface area (Å²) in [6.07, 6.45) is 3.09. The van der Waals surface area contributed by atoms with Gasteiger partial charge in [-0.05, 0) is 47.1 Å². The molecule has 1 heterocycles. The molecule has 2 unspecified atom stereocenters. The van der Waals surface area contributed by atoms with Crippen LogP contribution in [0.4, 0.5) is 4.79 Å². The van der Waals surface area contributed by atoms with E-state index in [1.807, 2.05) is 20.8 Å². The zero-order chi connectivity index (χ0) is 15.9. The lowest BCUT2D eigenvalue weighted by Gasteiger charge is -2.33. The molecule has 0 bridgehead atoms. The van der Waals surface area contributed by atoms with E-state index in [1.165, 1.54) is 7.05 Å². The molecule has 2 rings (SSSR count). The van der Waals surface area contributed by atoms with E-state index < -0.39 is 15.6 Å². The summed E-state index contributed by atoms with van der Waals surface area (Å²) < 4.78 is 31.8. The van der Waals surface area contributed by atoms with Crippen LogP contribution in [-0.4, -0.2) is 50.4 Å². The number of ether oxygens (including phenoxy) is 1. The Morgan fingerprint density at radius 1 is 1.38 bits per heavy atom. The third-order valence-corrected chi connectivity index (χ3v) is 6.08. The molecule has 0 spiro atoms. The number of fused-ring (bicyclic) bond motifs is 1. The quantitative estimate of drug-likeness (QED) is 0.859. The van der Waals surface area contributed by atoms with Gasteiger partial charge < -0.3 is 9.64 Å². The van der Waals surface area contributed by atoms with Crippen LogP contribution < -0.4 is 4.72 Å². The summed E-state index contributed by atoms with van der Waals surface area (Å²) in [5.41, 5.74) is -0.837. The number of amides is 1. The number of carbonyl (C=O) groups excluding carboxylic acids is 1. The fourth-order valence-electron chi connectivity index (χ4n) is 3.63. The van der Waals surface area contributed by atoms with Gasteiger partial charge in [-0.1, -0.05) is 6.42 Å². The van der Waals surface area contributed by atoms with E-state index in [0.717, 1.165) is 25.7 Å². The van der Waals surface area contributed by atoms with Crippen molar-refractivity contribution in [3.8, 4) is 0 Å². The number of nitrogens with zero attached hydrogens (tertiary/aromatic N) is 1. The highest BCUT2D eigenvalue weighted by Crippen LogP contribution is 2.49. The molecule has 0 radical (unpaired) electrons. The van der Waals surface area contributed by atoms with E-state index in [0.29, 0.717) is 6.54 Å². The van der Waals surface area contributed by atoms with Crippen LogP contribution >= 0.6 is 0 Å². The summed E-state index contributed by atoms with van der Waals surface area (Å²) in [5, 5.41) is 0. The molecule has 0 aromatic heterocycles. The minimum atomic E-state index is -3.28. The first-order chi connectivity index (χ1) is 9.59. The molecule has 2 aliphatic rings. The van der Waals surface area contributed by atoms with Gasteiger partial charge in [-0.2, -0.15) is 0 Å². The number of nitrogens with one attached hydrogen (secondary N) is 1. The monoisotopic (exact) mass is 318 g/mol. The van der Waals surface area contributed by atoms with Crippen LogP contribution in [0.1, 0.15) is 46.5 Å². The number of hydrogen-bond donors (Lipinski definition) is 1. The smallest absolute Gasteiger partial charge is 0.410 e. The molecule has 2 atom stereocenters. The number of rotatable bonds is 3. The molecule has 0 aromatic rings. The molecular weight excluding hydrogens is 292 g/mol. The van der Waals surface area contributed by atoms with Gasteiger partial charge in [0, 0.05) is 18.0 Å². The van der Waals surface area contributed by atoms with Crippen molar-refractivity contribution in [2.45, 2.75) is 58.1 Å². The maximum Gasteiger partial charge on any atom is 0.410 e. The summed E-state index contributed by atoms with van der Waals surface area (Å²) >= 11 is 0. The van der Waals surface area contributed by atoms with Crippen molar-refractivity contribution in [3.63, 3.8) is 0 Å². The molecule has 6 nitrogen and oxygen atoms in total. The van der Waals surface area contributed by atoms with Gasteiger partial charge in [-0.3, -0.25) is 0 Å². The molecule has 0 aromatic carbocycles. The van der Waals surface area contributed by atoms with E-state index in [4.69, 9.17) is 4.74 Å². The summed E-state index contributed by atoms with van der Waals surface area (Å²) in [4.78, 5) is 14.1. The van der Waals surface area contributed by atoms with Gasteiger partial charge in [0.05, 0.1) is 5.75 Å². The van der Waals surface area contributed by atoms with Crippen molar-refractivity contribution < 1.29 is 17.9 Å². The van der Waals surface area contributed by atoms with Crippen LogP contribution in [0.15, 0.2) is 0 Å². The van der Waals surface area contributed by atoms with Gasteiger partial charge in [-0.15, -0.1) is 0 Å². The standard InChI is InChI=1S/C14H26N2O4S/c1-13(2,3)20-12(17)16-9-8-14(7-5-6-11(14)16)10-21(18,19)15-4/h11,15H,5-10H2,1-4H3. The Kier molecular flexibility index (Phi) is 4.28. The zero-order valence-corrected chi connectivity index (χ0v) is 14.1. The molecule has 1 saturated carbocycles. The normalized spacial score (nSPS) is 29.5. The molecule has 2 fully saturated rings. The average molecular weight is 318 g/mol. The lowest BCUT2D eigenvalue weighted by atomic mass is 9.84. The first-order valence-corrected chi connectivity index (χ1v) is 9.15. The molecule has 1 amide bonds. The summed E-state index contributed by atoms with van der Waals surface area (Å²) in [7, 11) is -1.84. The third-order valence-electron chi connectivity index (χ3n) is 4.50. The highest BCUT2D eigenvalue weighted by molar-refractivity contribution is 7.89. The summed E-state index contributed by atoms with van der Waals surface area (Å²) in [6.45, 7) is 6.11. The van der Waals surface area contributed by atoms with E-state index in [-0.39, 0.29) is 23.3 Å². The predicted molar refractivity (Wildman–Crippen MR) is 80.5 cm³/mol. The van der Waals surface area contributed by atoms with E-state index in [1.54, 1.807) is 4.90 Å². The van der Waals surface area contributed by atoms with Crippen LogP contribution in [0, 0.1) is 5.41 Å². The first kappa shape index (κ1) is 16.5. The SMILES string of the molecule is CNS(=O)(=O)CC12CCCC1N(C(=O)OC(C)(C)C)CC2. The molecule has 7 heteroatoms. The summed E-state index contributed by atoms with van der Waals surface area (Å²) in [6, 6.07) is -0.0181. The average Bonchev–Trinajstić information content (AvgIpc) is 2.83. The van der Waals surface area contributed by atoms with Crippen molar-refractivity contribution >= 4 is 16.1 Å². The van der Waals surface area contributed by atoms with Gasteiger partial charge >= 0.3 is 6.09 Å². The van der Waals surface area contributed by atoms with Crippen LogP contribution in [0.2, 0.25) is 0 Å². The van der Waals surface area contributed by atoms with Crippen molar-refractivity contribution in [3.05, 3.63) is 0 Å². The van der Waals surface area contributed by atoms with Crippen LogP contribution in [0.5, 0.6) is 0 Å². The minimum Gasteiger partial charge on any atom is -0.444 e. The molecular formula is C14H26N2O4S. The van der Waals surface area contributed by atoms with E-state index in [2.05, 4.69) is 4.72 Å². The largest absolute Gasteiger partial charge is 0.444 e.